The lowest BCUT2D eigenvalue weighted by atomic mass is 10.0. The molecule has 0 radical (unpaired) electrons. The van der Waals surface area contributed by atoms with Crippen molar-refractivity contribution >= 4 is 17.7 Å². The van der Waals surface area contributed by atoms with Crippen molar-refractivity contribution in [3.8, 4) is 11.3 Å². The molecular weight excluding hydrogens is 490 g/mol. The van der Waals surface area contributed by atoms with Crippen molar-refractivity contribution < 1.29 is 46.8 Å². The molecule has 1 saturated heterocycles. The normalized spacial score (nSPS) is 17.3. The number of morpholine rings is 1. The summed E-state index contributed by atoms with van der Waals surface area (Å²) in [5.74, 6) is -2.23. The predicted octanol–water partition coefficient (Wildman–Crippen LogP) is 3.44. The average molecular weight is 511 g/mol. The smallest absolute Gasteiger partial charge is 0.418 e. The molecule has 3 aromatic rings. The number of hydrogen-bond acceptors (Lipinski definition) is 6. The first-order valence-corrected chi connectivity index (χ1v) is 10.7. The molecule has 192 valence electrons. The lowest BCUT2D eigenvalue weighted by Crippen LogP contribution is -2.46. The zero-order valence-electron chi connectivity index (χ0n) is 18.8. The largest absolute Gasteiger partial charge is 0.478 e. The van der Waals surface area contributed by atoms with E-state index in [1.165, 1.54) is 34.7 Å². The van der Waals surface area contributed by atoms with Crippen molar-refractivity contribution in [3.63, 3.8) is 0 Å². The van der Waals surface area contributed by atoms with E-state index < -0.39 is 41.8 Å². The summed E-state index contributed by atoms with van der Waals surface area (Å²) in [4.78, 5) is 28.9. The number of fused-ring (bicyclic) bond motifs is 1. The second-order valence-corrected chi connectivity index (χ2v) is 8.15. The second kappa shape index (κ2) is 9.74. The third-order valence-corrected chi connectivity index (χ3v) is 5.84. The fourth-order valence-corrected chi connectivity index (χ4v) is 4.07. The number of amides is 1. The van der Waals surface area contributed by atoms with Gasteiger partial charge >= 0.3 is 18.2 Å². The molecule has 1 fully saturated rings. The Morgan fingerprint density at radius 2 is 2.03 bits per heavy atom. The third-order valence-electron chi connectivity index (χ3n) is 5.84. The van der Waals surface area contributed by atoms with Crippen molar-refractivity contribution in [1.29, 1.82) is 0 Å². The zero-order valence-corrected chi connectivity index (χ0v) is 18.8. The van der Waals surface area contributed by atoms with Gasteiger partial charge in [0.25, 0.3) is 0 Å². The molecule has 1 aliphatic heterocycles. The number of rotatable bonds is 5. The number of halogens is 4. The van der Waals surface area contributed by atoms with Crippen molar-refractivity contribution in [2.45, 2.75) is 24.8 Å². The van der Waals surface area contributed by atoms with Crippen molar-refractivity contribution in [1.82, 2.24) is 14.3 Å². The Morgan fingerprint density at radius 1 is 1.28 bits per heavy atom. The van der Waals surface area contributed by atoms with Crippen molar-refractivity contribution in [2.24, 2.45) is 0 Å². The van der Waals surface area contributed by atoms with Crippen LogP contribution in [0.5, 0.6) is 0 Å². The number of aromatic nitrogens is 2. The minimum absolute atomic E-state index is 0.00291. The van der Waals surface area contributed by atoms with Gasteiger partial charge in [0.15, 0.2) is 6.10 Å². The fourth-order valence-electron chi connectivity index (χ4n) is 4.07. The summed E-state index contributed by atoms with van der Waals surface area (Å²) in [6.07, 6.45) is -7.40. The van der Waals surface area contributed by atoms with Gasteiger partial charge in [-0.3, -0.25) is 0 Å². The van der Waals surface area contributed by atoms with Crippen LogP contribution in [0.25, 0.3) is 16.9 Å². The first kappa shape index (κ1) is 25.4. The van der Waals surface area contributed by atoms with Gasteiger partial charge in [-0.1, -0.05) is 0 Å². The molecule has 0 saturated carbocycles. The van der Waals surface area contributed by atoms with Gasteiger partial charge in [-0.05, 0) is 35.9 Å². The van der Waals surface area contributed by atoms with E-state index in [-0.39, 0.29) is 42.0 Å². The standard InChI is InChI=1S/C23H21F4N3O6/c1-35-22(34)29-6-7-36-14(11-29)10-17-19(15-3-2-13(21(32)33)8-16(15)24)28-18-9-12(4-5-30(17)18)20(31)23(25,26)27/h2-5,8-9,14,20,31H,6-7,10-11H2,1H3,(H,32,33)/t14-,20?/m0/s1. The lowest BCUT2D eigenvalue weighted by Gasteiger charge is -2.32. The van der Waals surface area contributed by atoms with Crippen LogP contribution < -0.4 is 0 Å². The highest BCUT2D eigenvalue weighted by Gasteiger charge is 2.39. The van der Waals surface area contributed by atoms with E-state index in [0.717, 1.165) is 18.2 Å². The van der Waals surface area contributed by atoms with E-state index >= 15 is 0 Å². The van der Waals surface area contributed by atoms with Crippen LogP contribution in [0.3, 0.4) is 0 Å². The SMILES string of the molecule is COC(=O)N1CCO[C@@H](Cc2c(-c3ccc(C(=O)O)cc3F)nc3cc(C(O)C(F)(F)F)ccn23)C1. The molecule has 1 aromatic carbocycles. The second-order valence-electron chi connectivity index (χ2n) is 8.15. The number of aliphatic hydroxyl groups is 1. The number of carboxylic acids is 1. The van der Waals surface area contributed by atoms with Gasteiger partial charge in [0.2, 0.25) is 0 Å². The van der Waals surface area contributed by atoms with E-state index in [1.54, 1.807) is 0 Å². The van der Waals surface area contributed by atoms with Crippen LogP contribution in [-0.4, -0.2) is 75.6 Å². The molecule has 0 bridgehead atoms. The summed E-state index contributed by atoms with van der Waals surface area (Å²) in [5, 5.41) is 18.8. The zero-order chi connectivity index (χ0) is 26.2. The topological polar surface area (TPSA) is 114 Å². The van der Waals surface area contributed by atoms with Gasteiger partial charge in [0.05, 0.1) is 43.3 Å². The summed E-state index contributed by atoms with van der Waals surface area (Å²) >= 11 is 0. The quantitative estimate of drug-likeness (QED) is 0.505. The Hall–Kier alpha value is -3.71. The number of pyridine rings is 1. The highest BCUT2D eigenvalue weighted by molar-refractivity contribution is 5.88. The minimum Gasteiger partial charge on any atom is -0.478 e. The van der Waals surface area contributed by atoms with Crippen LogP contribution in [0.4, 0.5) is 22.4 Å². The van der Waals surface area contributed by atoms with E-state index in [9.17, 15) is 32.3 Å². The van der Waals surface area contributed by atoms with Crippen molar-refractivity contribution in [2.75, 3.05) is 26.8 Å². The van der Waals surface area contributed by atoms with Gasteiger partial charge in [0, 0.05) is 24.7 Å². The number of carbonyl (C=O) groups excluding carboxylic acids is 1. The summed E-state index contributed by atoms with van der Waals surface area (Å²) in [6, 6.07) is 5.34. The molecule has 36 heavy (non-hydrogen) atoms. The van der Waals surface area contributed by atoms with Gasteiger partial charge in [-0.15, -0.1) is 0 Å². The highest BCUT2D eigenvalue weighted by atomic mass is 19.4. The van der Waals surface area contributed by atoms with E-state index in [0.29, 0.717) is 12.2 Å². The third kappa shape index (κ3) is 4.97. The monoisotopic (exact) mass is 511 g/mol. The molecule has 2 atom stereocenters. The number of hydrogen-bond donors (Lipinski definition) is 2. The van der Waals surface area contributed by atoms with Crippen LogP contribution in [0.15, 0.2) is 36.5 Å². The van der Waals surface area contributed by atoms with Gasteiger partial charge in [0.1, 0.15) is 11.5 Å². The van der Waals surface area contributed by atoms with Crippen LogP contribution >= 0.6 is 0 Å². The van der Waals surface area contributed by atoms with Gasteiger partial charge in [-0.2, -0.15) is 13.2 Å². The number of aromatic carboxylic acids is 1. The highest BCUT2D eigenvalue weighted by Crippen LogP contribution is 2.35. The molecule has 1 unspecified atom stereocenters. The number of carboxylic acid groups (broad SMARTS) is 1. The van der Waals surface area contributed by atoms with Crippen molar-refractivity contribution in [3.05, 3.63) is 59.2 Å². The number of carbonyl (C=O) groups is 2. The molecule has 0 aliphatic carbocycles. The Kier molecular flexibility index (Phi) is 6.87. The maximum absolute atomic E-state index is 15.0. The number of nitrogens with zero attached hydrogens (tertiary/aromatic N) is 3. The molecule has 2 aromatic heterocycles. The fraction of sp³-hybridized carbons (Fsp3) is 0.348. The predicted molar refractivity (Wildman–Crippen MR) is 116 cm³/mol. The van der Waals surface area contributed by atoms with E-state index in [1.807, 2.05) is 0 Å². The molecule has 4 rings (SSSR count). The summed E-state index contributed by atoms with van der Waals surface area (Å²) in [6.45, 7) is 0.646. The minimum atomic E-state index is -4.90. The number of benzene rings is 1. The summed E-state index contributed by atoms with van der Waals surface area (Å²) < 4.78 is 66.0. The number of ether oxygens (including phenoxy) is 2. The first-order valence-electron chi connectivity index (χ1n) is 10.7. The first-order chi connectivity index (χ1) is 17.0. The molecule has 1 aliphatic rings. The molecule has 1 amide bonds. The maximum atomic E-state index is 15.0. The molecular formula is C23H21F4N3O6. The number of alkyl halides is 3. The molecule has 2 N–H and O–H groups in total. The average Bonchev–Trinajstić information content (AvgIpc) is 3.19. The number of imidazole rings is 1. The number of aliphatic hydroxyl groups excluding tert-OH is 1. The van der Waals surface area contributed by atoms with Crippen LogP contribution in [0, 0.1) is 5.82 Å². The lowest BCUT2D eigenvalue weighted by molar-refractivity contribution is -0.206. The molecule has 3 heterocycles. The summed E-state index contributed by atoms with van der Waals surface area (Å²) in [7, 11) is 1.24. The van der Waals surface area contributed by atoms with Crippen LogP contribution in [0.1, 0.15) is 27.7 Å². The van der Waals surface area contributed by atoms with E-state index in [2.05, 4.69) is 4.98 Å². The Bertz CT molecular complexity index is 1310. The Morgan fingerprint density at radius 3 is 2.67 bits per heavy atom. The maximum Gasteiger partial charge on any atom is 0.418 e. The molecule has 0 spiro atoms. The summed E-state index contributed by atoms with van der Waals surface area (Å²) in [5.41, 5.74) is -0.397. The van der Waals surface area contributed by atoms with Gasteiger partial charge in [-0.25, -0.2) is 19.0 Å². The number of methoxy groups -OCH3 is 1. The van der Waals surface area contributed by atoms with Crippen LogP contribution in [0.2, 0.25) is 0 Å². The Balaban J connectivity index is 1.80. The molecule has 9 nitrogen and oxygen atoms in total. The Labute approximate surface area is 201 Å². The van der Waals surface area contributed by atoms with Gasteiger partial charge < -0.3 is 29.0 Å². The molecule has 13 heteroatoms. The van der Waals surface area contributed by atoms with E-state index in [4.69, 9.17) is 14.6 Å². The van der Waals surface area contributed by atoms with Crippen LogP contribution in [-0.2, 0) is 15.9 Å².